The monoisotopic (exact) mass is 218 g/mol. The van der Waals surface area contributed by atoms with Gasteiger partial charge in [0, 0.05) is 29.6 Å². The van der Waals surface area contributed by atoms with Gasteiger partial charge in [-0.3, -0.25) is 4.79 Å². The van der Waals surface area contributed by atoms with E-state index in [0.717, 1.165) is 11.3 Å². The van der Waals surface area contributed by atoms with Gasteiger partial charge in [-0.25, -0.2) is 0 Å². The SMILES string of the molecule is COC(C)C=C1C(=O)Nc2ccc(N)cc21. The summed E-state index contributed by atoms with van der Waals surface area (Å²) >= 11 is 0. The van der Waals surface area contributed by atoms with Crippen LogP contribution in [-0.4, -0.2) is 19.1 Å². The minimum absolute atomic E-state index is 0.104. The standard InChI is InChI=1S/C12H14N2O2/c1-7(16-2)5-10-9-6-8(13)3-4-11(9)14-12(10)15/h3-7H,13H2,1-2H3,(H,14,15). The summed E-state index contributed by atoms with van der Waals surface area (Å²) < 4.78 is 5.12. The Morgan fingerprint density at radius 2 is 2.25 bits per heavy atom. The van der Waals surface area contributed by atoms with E-state index in [-0.39, 0.29) is 12.0 Å². The maximum Gasteiger partial charge on any atom is 0.256 e. The molecular weight excluding hydrogens is 204 g/mol. The summed E-state index contributed by atoms with van der Waals surface area (Å²) in [6.07, 6.45) is 1.69. The van der Waals surface area contributed by atoms with E-state index in [2.05, 4.69) is 5.32 Å². The zero-order valence-electron chi connectivity index (χ0n) is 9.28. The van der Waals surface area contributed by atoms with Crippen molar-refractivity contribution in [2.24, 2.45) is 0 Å². The molecule has 0 fully saturated rings. The van der Waals surface area contributed by atoms with Crippen LogP contribution in [0.25, 0.3) is 5.57 Å². The van der Waals surface area contributed by atoms with Crippen LogP contribution in [0.4, 0.5) is 11.4 Å². The van der Waals surface area contributed by atoms with Crippen LogP contribution in [0.1, 0.15) is 12.5 Å². The van der Waals surface area contributed by atoms with Crippen molar-refractivity contribution in [2.75, 3.05) is 18.2 Å². The smallest absolute Gasteiger partial charge is 0.256 e. The Morgan fingerprint density at radius 3 is 2.94 bits per heavy atom. The Hall–Kier alpha value is -1.81. The van der Waals surface area contributed by atoms with Crippen LogP contribution in [0.15, 0.2) is 24.3 Å². The highest BCUT2D eigenvalue weighted by molar-refractivity contribution is 6.31. The largest absolute Gasteiger partial charge is 0.399 e. The Balaban J connectivity index is 2.46. The predicted octanol–water partition coefficient (Wildman–Crippen LogP) is 1.64. The van der Waals surface area contributed by atoms with E-state index in [1.54, 1.807) is 31.4 Å². The molecule has 0 spiro atoms. The number of nitrogen functional groups attached to an aromatic ring is 1. The van der Waals surface area contributed by atoms with Gasteiger partial charge in [0.05, 0.1) is 6.10 Å². The van der Waals surface area contributed by atoms with Crippen molar-refractivity contribution >= 4 is 22.9 Å². The van der Waals surface area contributed by atoms with Gasteiger partial charge in [-0.05, 0) is 31.2 Å². The van der Waals surface area contributed by atoms with Gasteiger partial charge in [-0.2, -0.15) is 0 Å². The number of fused-ring (bicyclic) bond motifs is 1. The van der Waals surface area contributed by atoms with Crippen molar-refractivity contribution in [3.8, 4) is 0 Å². The van der Waals surface area contributed by atoms with Gasteiger partial charge in [0.1, 0.15) is 0 Å². The molecule has 4 nitrogen and oxygen atoms in total. The third-order valence-electron chi connectivity index (χ3n) is 2.60. The minimum atomic E-state index is -0.107. The first-order valence-electron chi connectivity index (χ1n) is 5.07. The predicted molar refractivity (Wildman–Crippen MR) is 63.9 cm³/mol. The molecule has 0 bridgehead atoms. The van der Waals surface area contributed by atoms with Crippen LogP contribution >= 0.6 is 0 Å². The topological polar surface area (TPSA) is 64.3 Å². The van der Waals surface area contributed by atoms with E-state index in [4.69, 9.17) is 10.5 Å². The van der Waals surface area contributed by atoms with Crippen molar-refractivity contribution in [3.05, 3.63) is 29.8 Å². The van der Waals surface area contributed by atoms with E-state index >= 15 is 0 Å². The Kier molecular flexibility index (Phi) is 2.66. The van der Waals surface area contributed by atoms with Crippen LogP contribution in [0.3, 0.4) is 0 Å². The van der Waals surface area contributed by atoms with Gasteiger partial charge in [0.15, 0.2) is 0 Å². The normalized spacial score (nSPS) is 18.4. The first kappa shape index (κ1) is 10.7. The molecule has 0 saturated carbocycles. The minimum Gasteiger partial charge on any atom is -0.399 e. The number of amides is 1. The highest BCUT2D eigenvalue weighted by Crippen LogP contribution is 2.33. The van der Waals surface area contributed by atoms with Crippen LogP contribution in [0, 0.1) is 0 Å². The quantitative estimate of drug-likeness (QED) is 0.586. The average molecular weight is 218 g/mol. The molecule has 1 aliphatic rings. The summed E-state index contributed by atoms with van der Waals surface area (Å²) in [6, 6.07) is 5.37. The number of methoxy groups -OCH3 is 1. The molecule has 1 aromatic rings. The lowest BCUT2D eigenvalue weighted by Crippen LogP contribution is -2.07. The maximum atomic E-state index is 11.7. The number of carbonyl (C=O) groups is 1. The van der Waals surface area contributed by atoms with Crippen LogP contribution in [0.5, 0.6) is 0 Å². The number of nitrogens with two attached hydrogens (primary N) is 1. The molecule has 84 valence electrons. The van der Waals surface area contributed by atoms with Crippen molar-refractivity contribution in [3.63, 3.8) is 0 Å². The molecule has 0 aromatic heterocycles. The lowest BCUT2D eigenvalue weighted by Gasteiger charge is -2.04. The van der Waals surface area contributed by atoms with E-state index in [0.29, 0.717) is 11.3 Å². The summed E-state index contributed by atoms with van der Waals surface area (Å²) in [7, 11) is 1.61. The van der Waals surface area contributed by atoms with E-state index < -0.39 is 0 Å². The molecule has 0 saturated heterocycles. The molecule has 1 amide bonds. The number of anilines is 2. The number of ether oxygens (including phenoxy) is 1. The zero-order valence-corrected chi connectivity index (χ0v) is 9.28. The third-order valence-corrected chi connectivity index (χ3v) is 2.60. The number of rotatable bonds is 2. The Bertz CT molecular complexity index is 466. The van der Waals surface area contributed by atoms with Gasteiger partial charge in [-0.1, -0.05) is 0 Å². The van der Waals surface area contributed by atoms with Crippen LogP contribution in [0.2, 0.25) is 0 Å². The van der Waals surface area contributed by atoms with E-state index in [9.17, 15) is 4.79 Å². The first-order chi connectivity index (χ1) is 7.61. The fourth-order valence-corrected chi connectivity index (χ4v) is 1.67. The van der Waals surface area contributed by atoms with Crippen molar-refractivity contribution in [1.29, 1.82) is 0 Å². The summed E-state index contributed by atoms with van der Waals surface area (Å²) in [5.41, 5.74) is 8.61. The second kappa shape index (κ2) is 3.98. The summed E-state index contributed by atoms with van der Waals surface area (Å²) in [4.78, 5) is 11.7. The molecule has 0 aliphatic carbocycles. The number of hydrogen-bond acceptors (Lipinski definition) is 3. The fraction of sp³-hybridized carbons (Fsp3) is 0.250. The molecule has 4 heteroatoms. The summed E-state index contributed by atoms with van der Waals surface area (Å²) in [6.45, 7) is 1.88. The molecule has 1 unspecified atom stereocenters. The van der Waals surface area contributed by atoms with Gasteiger partial charge in [0.2, 0.25) is 0 Å². The van der Waals surface area contributed by atoms with Crippen LogP contribution < -0.4 is 11.1 Å². The average Bonchev–Trinajstić information content (AvgIpc) is 2.55. The van der Waals surface area contributed by atoms with Crippen molar-refractivity contribution in [2.45, 2.75) is 13.0 Å². The molecule has 0 radical (unpaired) electrons. The van der Waals surface area contributed by atoms with Crippen LogP contribution in [-0.2, 0) is 9.53 Å². The number of carbonyl (C=O) groups excluding carboxylic acids is 1. The lowest BCUT2D eigenvalue weighted by molar-refractivity contribution is -0.110. The molecule has 1 aliphatic heterocycles. The number of benzene rings is 1. The third kappa shape index (κ3) is 1.79. The Morgan fingerprint density at radius 1 is 1.50 bits per heavy atom. The number of nitrogens with one attached hydrogen (secondary N) is 1. The zero-order chi connectivity index (χ0) is 11.7. The first-order valence-corrected chi connectivity index (χ1v) is 5.07. The van der Waals surface area contributed by atoms with Gasteiger partial charge >= 0.3 is 0 Å². The molecule has 1 atom stereocenters. The number of hydrogen-bond donors (Lipinski definition) is 2. The van der Waals surface area contributed by atoms with Crippen molar-refractivity contribution in [1.82, 2.24) is 0 Å². The van der Waals surface area contributed by atoms with E-state index in [1.807, 2.05) is 6.92 Å². The van der Waals surface area contributed by atoms with Gasteiger partial charge in [0.25, 0.3) is 5.91 Å². The second-order valence-electron chi connectivity index (χ2n) is 3.78. The molecule has 2 rings (SSSR count). The van der Waals surface area contributed by atoms with Gasteiger partial charge in [-0.15, -0.1) is 0 Å². The highest BCUT2D eigenvalue weighted by atomic mass is 16.5. The summed E-state index contributed by atoms with van der Waals surface area (Å²) in [5.74, 6) is -0.107. The lowest BCUT2D eigenvalue weighted by atomic mass is 10.0. The van der Waals surface area contributed by atoms with E-state index in [1.165, 1.54) is 0 Å². The second-order valence-corrected chi connectivity index (χ2v) is 3.78. The highest BCUT2D eigenvalue weighted by Gasteiger charge is 2.24. The summed E-state index contributed by atoms with van der Waals surface area (Å²) in [5, 5.41) is 2.79. The molecule has 3 N–H and O–H groups in total. The molecule has 16 heavy (non-hydrogen) atoms. The molecule has 1 heterocycles. The molecular formula is C12H14N2O2. The molecule has 1 aromatic carbocycles. The maximum absolute atomic E-state index is 11.7. The fourth-order valence-electron chi connectivity index (χ4n) is 1.67. The Labute approximate surface area is 94.1 Å². The van der Waals surface area contributed by atoms with Gasteiger partial charge < -0.3 is 15.8 Å². The van der Waals surface area contributed by atoms with Crippen molar-refractivity contribution < 1.29 is 9.53 Å².